The molecule has 20 heavy (non-hydrogen) atoms. The first kappa shape index (κ1) is 13.8. The summed E-state index contributed by atoms with van der Waals surface area (Å²) in [7, 11) is 1.39. The average molecular weight is 311 g/mol. The van der Waals surface area contributed by atoms with E-state index in [4.69, 9.17) is 16.3 Å². The normalized spacial score (nSPS) is 18.0. The third-order valence-electron chi connectivity index (χ3n) is 3.55. The molecule has 3 rings (SSSR count). The molecule has 2 heterocycles. The Morgan fingerprint density at radius 3 is 3.00 bits per heavy atom. The van der Waals surface area contributed by atoms with Gasteiger partial charge in [0.15, 0.2) is 0 Å². The smallest absolute Gasteiger partial charge is 0.337 e. The standard InChI is InChI=1S/C14H15ClN2O2S/c1-19-14(18)9-2-3-11-12(6-9)17(13(7-15)16-11)8-10-4-5-20-10/h2-3,6,10H,4-5,7-8H2,1H3. The second-order valence-electron chi connectivity index (χ2n) is 4.75. The molecule has 0 bridgehead atoms. The van der Waals surface area contributed by atoms with Crippen LogP contribution in [-0.4, -0.2) is 33.6 Å². The summed E-state index contributed by atoms with van der Waals surface area (Å²) in [6.45, 7) is 0.897. The second-order valence-corrected chi connectivity index (χ2v) is 6.42. The fourth-order valence-electron chi connectivity index (χ4n) is 2.36. The number of halogens is 1. The number of fused-ring (bicyclic) bond motifs is 1. The number of alkyl halides is 1. The minimum atomic E-state index is -0.329. The number of hydrogen-bond donors (Lipinski definition) is 0. The largest absolute Gasteiger partial charge is 0.465 e. The highest BCUT2D eigenvalue weighted by Gasteiger charge is 2.22. The van der Waals surface area contributed by atoms with Crippen molar-refractivity contribution in [2.24, 2.45) is 0 Å². The zero-order valence-corrected chi connectivity index (χ0v) is 12.7. The highest BCUT2D eigenvalue weighted by Crippen LogP contribution is 2.31. The van der Waals surface area contributed by atoms with Gasteiger partial charge in [-0.2, -0.15) is 11.8 Å². The molecule has 1 aliphatic rings. The lowest BCUT2D eigenvalue weighted by Crippen LogP contribution is -2.22. The number of nitrogens with zero attached hydrogens (tertiary/aromatic N) is 2. The van der Waals surface area contributed by atoms with E-state index in [1.165, 1.54) is 19.3 Å². The number of ether oxygens (including phenoxy) is 1. The zero-order valence-electron chi connectivity index (χ0n) is 11.1. The van der Waals surface area contributed by atoms with Gasteiger partial charge in [0, 0.05) is 11.8 Å². The molecule has 0 N–H and O–H groups in total. The Bertz CT molecular complexity index is 652. The molecular weight excluding hydrogens is 296 g/mol. The van der Waals surface area contributed by atoms with Gasteiger partial charge in [-0.1, -0.05) is 0 Å². The molecule has 1 saturated heterocycles. The molecule has 0 radical (unpaired) electrons. The fraction of sp³-hybridized carbons (Fsp3) is 0.429. The summed E-state index contributed by atoms with van der Waals surface area (Å²) in [5.74, 6) is 2.13. The van der Waals surface area contributed by atoms with Gasteiger partial charge >= 0.3 is 5.97 Å². The summed E-state index contributed by atoms with van der Waals surface area (Å²) >= 11 is 7.96. The van der Waals surface area contributed by atoms with Gasteiger partial charge in [0.2, 0.25) is 0 Å². The Morgan fingerprint density at radius 2 is 2.40 bits per heavy atom. The Hall–Kier alpha value is -1.20. The molecule has 6 heteroatoms. The number of aromatic nitrogens is 2. The van der Waals surface area contributed by atoms with Crippen molar-refractivity contribution in [3.63, 3.8) is 0 Å². The van der Waals surface area contributed by atoms with Crippen molar-refractivity contribution in [2.75, 3.05) is 12.9 Å². The van der Waals surface area contributed by atoms with E-state index < -0.39 is 0 Å². The van der Waals surface area contributed by atoms with Crippen molar-refractivity contribution in [3.8, 4) is 0 Å². The summed E-state index contributed by atoms with van der Waals surface area (Å²) < 4.78 is 6.90. The molecule has 1 aromatic carbocycles. The van der Waals surface area contributed by atoms with E-state index in [0.29, 0.717) is 16.7 Å². The predicted molar refractivity (Wildman–Crippen MR) is 81.5 cm³/mol. The molecule has 4 nitrogen and oxygen atoms in total. The summed E-state index contributed by atoms with van der Waals surface area (Å²) in [4.78, 5) is 16.2. The number of thioether (sulfide) groups is 1. The van der Waals surface area contributed by atoms with E-state index in [1.54, 1.807) is 6.07 Å². The Labute approximate surface area is 126 Å². The molecule has 2 aromatic rings. The van der Waals surface area contributed by atoms with E-state index in [0.717, 1.165) is 23.4 Å². The highest BCUT2D eigenvalue weighted by atomic mass is 35.5. The number of hydrogen-bond acceptors (Lipinski definition) is 4. The van der Waals surface area contributed by atoms with Crippen LogP contribution in [0.1, 0.15) is 22.6 Å². The predicted octanol–water partition coefficient (Wildman–Crippen LogP) is 3.07. The SMILES string of the molecule is COC(=O)c1ccc2nc(CCl)n(CC3CCS3)c2c1. The van der Waals surface area contributed by atoms with Gasteiger partial charge in [-0.15, -0.1) is 11.6 Å². The number of esters is 1. The van der Waals surface area contributed by atoms with Gasteiger partial charge in [0.05, 0.1) is 29.6 Å². The van der Waals surface area contributed by atoms with Gasteiger partial charge in [-0.25, -0.2) is 9.78 Å². The molecule has 106 valence electrons. The molecule has 1 atom stereocenters. The Morgan fingerprint density at radius 1 is 1.60 bits per heavy atom. The molecule has 1 aromatic heterocycles. The first-order valence-corrected chi connectivity index (χ1v) is 8.06. The molecule has 0 amide bonds. The molecule has 1 aliphatic heterocycles. The third-order valence-corrected chi connectivity index (χ3v) is 5.11. The van der Waals surface area contributed by atoms with Gasteiger partial charge in [-0.3, -0.25) is 0 Å². The average Bonchev–Trinajstić information content (AvgIpc) is 2.78. The van der Waals surface area contributed by atoms with Crippen LogP contribution in [0.15, 0.2) is 18.2 Å². The maximum absolute atomic E-state index is 11.7. The Balaban J connectivity index is 2.05. The maximum Gasteiger partial charge on any atom is 0.337 e. The topological polar surface area (TPSA) is 44.1 Å². The molecular formula is C14H15ClN2O2S. The third kappa shape index (κ3) is 2.40. The van der Waals surface area contributed by atoms with Gasteiger partial charge in [0.25, 0.3) is 0 Å². The first-order chi connectivity index (χ1) is 9.72. The summed E-state index contributed by atoms with van der Waals surface area (Å²) in [6, 6.07) is 5.43. The van der Waals surface area contributed by atoms with Crippen molar-refractivity contribution < 1.29 is 9.53 Å². The number of rotatable bonds is 4. The van der Waals surface area contributed by atoms with Crippen LogP contribution in [0, 0.1) is 0 Å². The van der Waals surface area contributed by atoms with Crippen LogP contribution < -0.4 is 0 Å². The van der Waals surface area contributed by atoms with E-state index in [2.05, 4.69) is 9.55 Å². The number of carbonyl (C=O) groups is 1. The number of carbonyl (C=O) groups excluding carboxylic acids is 1. The lowest BCUT2D eigenvalue weighted by molar-refractivity contribution is 0.0601. The zero-order chi connectivity index (χ0) is 14.1. The van der Waals surface area contributed by atoms with Crippen LogP contribution >= 0.6 is 23.4 Å². The second kappa shape index (κ2) is 5.66. The molecule has 1 unspecified atom stereocenters. The minimum absolute atomic E-state index is 0.329. The lowest BCUT2D eigenvalue weighted by atomic mass is 10.2. The van der Waals surface area contributed by atoms with Crippen molar-refractivity contribution in [1.29, 1.82) is 0 Å². The summed E-state index contributed by atoms with van der Waals surface area (Å²) in [5.41, 5.74) is 2.37. The van der Waals surface area contributed by atoms with Crippen LogP contribution in [0.5, 0.6) is 0 Å². The number of imidazole rings is 1. The van der Waals surface area contributed by atoms with Crippen molar-refractivity contribution in [2.45, 2.75) is 24.1 Å². The van der Waals surface area contributed by atoms with Gasteiger partial charge in [0.1, 0.15) is 5.82 Å². The van der Waals surface area contributed by atoms with Crippen LogP contribution in [0.4, 0.5) is 0 Å². The van der Waals surface area contributed by atoms with Crippen LogP contribution in [0.2, 0.25) is 0 Å². The minimum Gasteiger partial charge on any atom is -0.465 e. The van der Waals surface area contributed by atoms with E-state index in [1.807, 2.05) is 23.9 Å². The highest BCUT2D eigenvalue weighted by molar-refractivity contribution is 8.01. The fourth-order valence-corrected chi connectivity index (χ4v) is 3.38. The molecule has 0 spiro atoms. The molecule has 1 fully saturated rings. The van der Waals surface area contributed by atoms with Crippen molar-refractivity contribution >= 4 is 40.4 Å². The molecule has 0 aliphatic carbocycles. The lowest BCUT2D eigenvalue weighted by Gasteiger charge is -2.26. The number of methoxy groups -OCH3 is 1. The van der Waals surface area contributed by atoms with Gasteiger partial charge < -0.3 is 9.30 Å². The summed E-state index contributed by atoms with van der Waals surface area (Å²) in [6.07, 6.45) is 1.22. The first-order valence-electron chi connectivity index (χ1n) is 6.48. The van der Waals surface area contributed by atoms with E-state index in [9.17, 15) is 4.79 Å². The Kier molecular flexibility index (Phi) is 3.89. The summed E-state index contributed by atoms with van der Waals surface area (Å²) in [5, 5.41) is 0.621. The quantitative estimate of drug-likeness (QED) is 0.643. The van der Waals surface area contributed by atoms with Crippen molar-refractivity contribution in [3.05, 3.63) is 29.6 Å². The molecule has 0 saturated carbocycles. The maximum atomic E-state index is 11.7. The van der Waals surface area contributed by atoms with Crippen LogP contribution in [0.3, 0.4) is 0 Å². The van der Waals surface area contributed by atoms with Crippen molar-refractivity contribution in [1.82, 2.24) is 9.55 Å². The monoisotopic (exact) mass is 310 g/mol. The van der Waals surface area contributed by atoms with Gasteiger partial charge in [-0.05, 0) is 30.4 Å². The van der Waals surface area contributed by atoms with Crippen LogP contribution in [0.25, 0.3) is 11.0 Å². The van der Waals surface area contributed by atoms with Crippen LogP contribution in [-0.2, 0) is 17.2 Å². The van der Waals surface area contributed by atoms with E-state index >= 15 is 0 Å². The van der Waals surface area contributed by atoms with E-state index in [-0.39, 0.29) is 5.97 Å². The number of benzene rings is 1.